The minimum Gasteiger partial charge on any atom is -0.334 e. The first kappa shape index (κ1) is 19.6. The Hall–Kier alpha value is -2.74. The number of halogens is 1. The Kier molecular flexibility index (Phi) is 5.89. The number of hydrogen-bond acceptors (Lipinski definition) is 3. The van der Waals surface area contributed by atoms with Gasteiger partial charge < -0.3 is 24.6 Å². The Morgan fingerprint density at radius 3 is 2.38 bits per heavy atom. The van der Waals surface area contributed by atoms with Crippen LogP contribution >= 0.6 is 11.6 Å². The minimum atomic E-state index is -0.144. The van der Waals surface area contributed by atoms with Crippen LogP contribution in [0.4, 0.5) is 9.59 Å². The SMILES string of the molecule is O=C(NCc1c(Cl)cccc1-n1ccnc1)N1CCN(C(=O)N2CCCC2)CC1. The highest BCUT2D eigenvalue weighted by Gasteiger charge is 2.28. The molecule has 0 atom stereocenters. The largest absolute Gasteiger partial charge is 0.334 e. The molecular weight excluding hydrogens is 392 g/mol. The van der Waals surface area contributed by atoms with Crippen LogP contribution in [0.1, 0.15) is 18.4 Å². The van der Waals surface area contributed by atoms with Crippen LogP contribution in [0.2, 0.25) is 5.02 Å². The molecule has 1 aromatic carbocycles. The standard InChI is InChI=1S/C20H25ClN6O2/c21-17-4-3-5-18(27-9-6-22-15-27)16(17)14-23-19(28)24-10-12-26(13-11-24)20(29)25-7-1-2-8-25/h3-6,9,15H,1-2,7-8,10-14H2,(H,23,28). The van der Waals surface area contributed by atoms with Crippen molar-refractivity contribution in [3.05, 3.63) is 47.5 Å². The molecule has 2 saturated heterocycles. The topological polar surface area (TPSA) is 73.7 Å². The van der Waals surface area contributed by atoms with E-state index in [9.17, 15) is 9.59 Å². The molecule has 0 aliphatic carbocycles. The van der Waals surface area contributed by atoms with Crippen molar-refractivity contribution in [3.63, 3.8) is 0 Å². The Labute approximate surface area is 175 Å². The number of nitrogens with one attached hydrogen (secondary N) is 1. The van der Waals surface area contributed by atoms with E-state index >= 15 is 0 Å². The number of aromatic nitrogens is 2. The lowest BCUT2D eigenvalue weighted by atomic mass is 10.1. The van der Waals surface area contributed by atoms with E-state index in [2.05, 4.69) is 10.3 Å². The predicted molar refractivity (Wildman–Crippen MR) is 110 cm³/mol. The van der Waals surface area contributed by atoms with E-state index < -0.39 is 0 Å². The highest BCUT2D eigenvalue weighted by molar-refractivity contribution is 6.31. The molecule has 154 valence electrons. The van der Waals surface area contributed by atoms with E-state index in [1.807, 2.05) is 38.8 Å². The number of amides is 4. The molecule has 8 nitrogen and oxygen atoms in total. The lowest BCUT2D eigenvalue weighted by Gasteiger charge is -2.36. The zero-order valence-electron chi connectivity index (χ0n) is 16.3. The van der Waals surface area contributed by atoms with Gasteiger partial charge >= 0.3 is 12.1 Å². The average Bonchev–Trinajstić information content (AvgIpc) is 3.46. The van der Waals surface area contributed by atoms with Crippen LogP contribution in [0.15, 0.2) is 36.9 Å². The van der Waals surface area contributed by atoms with E-state index in [0.29, 0.717) is 37.7 Å². The maximum atomic E-state index is 12.7. The van der Waals surface area contributed by atoms with E-state index in [4.69, 9.17) is 11.6 Å². The molecule has 0 radical (unpaired) electrons. The molecule has 2 fully saturated rings. The molecule has 2 aliphatic rings. The highest BCUT2D eigenvalue weighted by Crippen LogP contribution is 2.23. The summed E-state index contributed by atoms with van der Waals surface area (Å²) in [6.45, 7) is 4.20. The van der Waals surface area contributed by atoms with Gasteiger partial charge in [0.15, 0.2) is 0 Å². The molecule has 0 spiro atoms. The van der Waals surface area contributed by atoms with Crippen molar-refractivity contribution in [2.75, 3.05) is 39.3 Å². The molecule has 3 heterocycles. The van der Waals surface area contributed by atoms with Gasteiger partial charge in [-0.05, 0) is 25.0 Å². The zero-order chi connectivity index (χ0) is 20.2. The molecule has 1 N–H and O–H groups in total. The van der Waals surface area contributed by atoms with Crippen molar-refractivity contribution >= 4 is 23.7 Å². The molecule has 0 unspecified atom stereocenters. The Morgan fingerprint density at radius 2 is 1.69 bits per heavy atom. The van der Waals surface area contributed by atoms with Crippen LogP contribution < -0.4 is 5.32 Å². The maximum Gasteiger partial charge on any atom is 0.320 e. The predicted octanol–water partition coefficient (Wildman–Crippen LogP) is 2.57. The smallest absolute Gasteiger partial charge is 0.320 e. The molecule has 29 heavy (non-hydrogen) atoms. The van der Waals surface area contributed by atoms with Crippen molar-refractivity contribution in [1.82, 2.24) is 29.6 Å². The molecule has 2 aliphatic heterocycles. The lowest BCUT2D eigenvalue weighted by Crippen LogP contribution is -2.55. The van der Waals surface area contributed by atoms with Crippen LogP contribution in [0.25, 0.3) is 5.69 Å². The molecule has 0 saturated carbocycles. The number of likely N-dealkylation sites (tertiary alicyclic amines) is 1. The number of carbonyl (C=O) groups excluding carboxylic acids is 2. The minimum absolute atomic E-state index is 0.101. The van der Waals surface area contributed by atoms with Crippen molar-refractivity contribution < 1.29 is 9.59 Å². The quantitative estimate of drug-likeness (QED) is 0.835. The summed E-state index contributed by atoms with van der Waals surface area (Å²) >= 11 is 6.38. The summed E-state index contributed by atoms with van der Waals surface area (Å²) in [5.74, 6) is 0. The average molecular weight is 417 g/mol. The van der Waals surface area contributed by atoms with Crippen LogP contribution in [0.3, 0.4) is 0 Å². The summed E-state index contributed by atoms with van der Waals surface area (Å²) in [7, 11) is 0. The fourth-order valence-electron chi connectivity index (χ4n) is 3.85. The van der Waals surface area contributed by atoms with Gasteiger partial charge in [0.2, 0.25) is 0 Å². The first-order valence-corrected chi connectivity index (χ1v) is 10.3. The highest BCUT2D eigenvalue weighted by atomic mass is 35.5. The van der Waals surface area contributed by atoms with Gasteiger partial charge in [-0.2, -0.15) is 0 Å². The third-order valence-electron chi connectivity index (χ3n) is 5.51. The number of hydrogen-bond donors (Lipinski definition) is 1. The van der Waals surface area contributed by atoms with Crippen molar-refractivity contribution in [2.45, 2.75) is 19.4 Å². The second-order valence-corrected chi connectivity index (χ2v) is 7.72. The summed E-state index contributed by atoms with van der Waals surface area (Å²) in [6, 6.07) is 5.59. The number of nitrogens with zero attached hydrogens (tertiary/aromatic N) is 5. The van der Waals surface area contributed by atoms with Crippen molar-refractivity contribution in [2.24, 2.45) is 0 Å². The maximum absolute atomic E-state index is 12.7. The van der Waals surface area contributed by atoms with Gasteiger partial charge in [-0.1, -0.05) is 17.7 Å². The summed E-state index contributed by atoms with van der Waals surface area (Å²) in [5, 5.41) is 3.56. The third-order valence-corrected chi connectivity index (χ3v) is 5.86. The van der Waals surface area contributed by atoms with Crippen LogP contribution in [0.5, 0.6) is 0 Å². The Bertz CT molecular complexity index is 858. The van der Waals surface area contributed by atoms with Gasteiger partial charge in [-0.15, -0.1) is 0 Å². The molecular formula is C20H25ClN6O2. The fourth-order valence-corrected chi connectivity index (χ4v) is 4.09. The fraction of sp³-hybridized carbons (Fsp3) is 0.450. The molecule has 4 rings (SSSR count). The number of benzene rings is 1. The summed E-state index contributed by atoms with van der Waals surface area (Å²) < 4.78 is 1.87. The Balaban J connectivity index is 1.33. The summed E-state index contributed by atoms with van der Waals surface area (Å²) in [6.07, 6.45) is 7.40. The van der Waals surface area contributed by atoms with Crippen molar-refractivity contribution in [3.8, 4) is 5.69 Å². The number of piperazine rings is 1. The van der Waals surface area contributed by atoms with Crippen LogP contribution in [-0.4, -0.2) is 75.6 Å². The van der Waals surface area contributed by atoms with Gasteiger partial charge in [0.1, 0.15) is 0 Å². The normalized spacial score (nSPS) is 16.9. The van der Waals surface area contributed by atoms with E-state index in [0.717, 1.165) is 37.2 Å². The summed E-state index contributed by atoms with van der Waals surface area (Å²) in [4.78, 5) is 34.7. The molecule has 9 heteroatoms. The second-order valence-electron chi connectivity index (χ2n) is 7.32. The van der Waals surface area contributed by atoms with Gasteiger partial charge in [-0.3, -0.25) is 0 Å². The lowest BCUT2D eigenvalue weighted by molar-refractivity contribution is 0.124. The number of imidazole rings is 1. The zero-order valence-corrected chi connectivity index (χ0v) is 17.0. The molecule has 4 amide bonds. The van der Waals surface area contributed by atoms with Gasteiger partial charge in [0.05, 0.1) is 12.0 Å². The van der Waals surface area contributed by atoms with Gasteiger partial charge in [0.25, 0.3) is 0 Å². The van der Waals surface area contributed by atoms with Gasteiger partial charge in [0, 0.05) is 68.8 Å². The molecule has 0 bridgehead atoms. The Morgan fingerprint density at radius 1 is 1.00 bits per heavy atom. The second kappa shape index (κ2) is 8.73. The molecule has 1 aromatic heterocycles. The number of carbonyl (C=O) groups is 2. The van der Waals surface area contributed by atoms with Crippen LogP contribution in [-0.2, 0) is 6.54 Å². The van der Waals surface area contributed by atoms with Gasteiger partial charge in [-0.25, -0.2) is 14.6 Å². The number of urea groups is 2. The van der Waals surface area contributed by atoms with E-state index in [1.165, 1.54) is 0 Å². The van der Waals surface area contributed by atoms with Crippen LogP contribution in [0, 0.1) is 0 Å². The third kappa shape index (κ3) is 4.32. The first-order valence-electron chi connectivity index (χ1n) is 9.96. The van der Waals surface area contributed by atoms with E-state index in [1.54, 1.807) is 17.4 Å². The van der Waals surface area contributed by atoms with Crippen molar-refractivity contribution in [1.29, 1.82) is 0 Å². The number of rotatable bonds is 3. The van der Waals surface area contributed by atoms with E-state index in [-0.39, 0.29) is 12.1 Å². The summed E-state index contributed by atoms with van der Waals surface area (Å²) in [5.41, 5.74) is 1.72. The molecule has 2 aromatic rings. The first-order chi connectivity index (χ1) is 14.1. The monoisotopic (exact) mass is 416 g/mol.